The Morgan fingerprint density at radius 1 is 1.30 bits per heavy atom. The van der Waals surface area contributed by atoms with Gasteiger partial charge in [-0.15, -0.1) is 5.10 Å². The molecule has 0 radical (unpaired) electrons. The Bertz CT molecular complexity index is 618. The molecule has 2 N–H and O–H groups in total. The molecule has 1 aliphatic rings. The summed E-state index contributed by atoms with van der Waals surface area (Å²) in [5.74, 6) is 0.554. The van der Waals surface area contributed by atoms with Crippen LogP contribution in [-0.2, 0) is 4.74 Å². The van der Waals surface area contributed by atoms with Crippen LogP contribution < -0.4 is 4.90 Å². The predicted molar refractivity (Wildman–Crippen MR) is 87.3 cm³/mol. The maximum absolute atomic E-state index is 10.2. The zero-order valence-corrected chi connectivity index (χ0v) is 14.1. The number of ether oxygens (including phenoxy) is 1. The highest BCUT2D eigenvalue weighted by Gasteiger charge is 2.19. The van der Waals surface area contributed by atoms with E-state index in [1.54, 1.807) is 16.8 Å². The Kier molecular flexibility index (Phi) is 5.85. The average molecular weight is 357 g/mol. The maximum atomic E-state index is 10.2. The molecule has 0 unspecified atom stereocenters. The van der Waals surface area contributed by atoms with Gasteiger partial charge in [0.2, 0.25) is 5.16 Å². The number of aliphatic hydroxyl groups is 1. The normalized spacial score (nSPS) is 17.3. The zero-order valence-electron chi connectivity index (χ0n) is 12.6. The Morgan fingerprint density at radius 2 is 2.04 bits per heavy atom. The van der Waals surface area contributed by atoms with Gasteiger partial charge in [-0.2, -0.15) is 4.68 Å². The largest absolute Gasteiger partial charge is 0.386 e. The smallest absolute Gasteiger partial charge is 0.214 e. The standard InChI is InChI=1S/C14H18ClN5O2S/c15-11-1-3-12(4-2-11)20-14(16-17-18-20)23-10-13(21)9-19-5-7-22-8-6-19/h1-4,13,21H,5-10H2/p+1/t13-/m0/s1. The van der Waals surface area contributed by atoms with Crippen LogP contribution in [0.15, 0.2) is 29.4 Å². The van der Waals surface area contributed by atoms with E-state index in [4.69, 9.17) is 16.3 Å². The fraction of sp³-hybridized carbons (Fsp3) is 0.500. The van der Waals surface area contributed by atoms with Crippen molar-refractivity contribution in [1.29, 1.82) is 0 Å². The lowest BCUT2D eigenvalue weighted by atomic mass is 10.3. The van der Waals surface area contributed by atoms with Gasteiger partial charge in [0, 0.05) is 10.8 Å². The Hall–Kier alpha value is -1.19. The summed E-state index contributed by atoms with van der Waals surface area (Å²) >= 11 is 7.35. The lowest BCUT2D eigenvalue weighted by molar-refractivity contribution is -0.910. The van der Waals surface area contributed by atoms with E-state index >= 15 is 0 Å². The predicted octanol–water partition coefficient (Wildman–Crippen LogP) is -0.316. The van der Waals surface area contributed by atoms with Gasteiger partial charge in [-0.25, -0.2) is 0 Å². The van der Waals surface area contributed by atoms with E-state index in [0.29, 0.717) is 15.9 Å². The Morgan fingerprint density at radius 3 is 2.78 bits per heavy atom. The van der Waals surface area contributed by atoms with E-state index in [9.17, 15) is 5.11 Å². The van der Waals surface area contributed by atoms with Crippen LogP contribution in [0, 0.1) is 0 Å². The number of thioether (sulfide) groups is 1. The molecular weight excluding hydrogens is 338 g/mol. The van der Waals surface area contributed by atoms with Gasteiger partial charge in [0.1, 0.15) is 25.7 Å². The van der Waals surface area contributed by atoms with Crippen molar-refractivity contribution in [3.05, 3.63) is 29.3 Å². The third kappa shape index (κ3) is 4.65. The molecule has 2 aromatic rings. The second-order valence-corrected chi connectivity index (χ2v) is 6.80. The Labute approximate surface area is 143 Å². The van der Waals surface area contributed by atoms with Gasteiger partial charge < -0.3 is 14.7 Å². The summed E-state index contributed by atoms with van der Waals surface area (Å²) in [6.07, 6.45) is -0.400. The summed E-state index contributed by atoms with van der Waals surface area (Å²) in [5.41, 5.74) is 0.843. The molecule has 0 amide bonds. The minimum absolute atomic E-state index is 0.400. The molecule has 124 valence electrons. The van der Waals surface area contributed by atoms with Crippen LogP contribution in [0.5, 0.6) is 0 Å². The molecule has 0 aliphatic carbocycles. The highest BCUT2D eigenvalue weighted by atomic mass is 35.5. The van der Waals surface area contributed by atoms with Gasteiger partial charge >= 0.3 is 0 Å². The second-order valence-electron chi connectivity index (χ2n) is 5.38. The number of hydrogen-bond donors (Lipinski definition) is 2. The number of halogens is 1. The summed E-state index contributed by atoms with van der Waals surface area (Å²) in [7, 11) is 0. The first kappa shape index (κ1) is 16.7. The fourth-order valence-corrected chi connectivity index (χ4v) is 3.38. The number of aromatic nitrogens is 4. The summed E-state index contributed by atoms with van der Waals surface area (Å²) in [6.45, 7) is 4.15. The second kappa shape index (κ2) is 8.07. The number of rotatable bonds is 6. The fourth-order valence-electron chi connectivity index (χ4n) is 2.44. The number of aliphatic hydroxyl groups excluding tert-OH is 1. The van der Waals surface area contributed by atoms with Crippen LogP contribution in [-0.4, -0.2) is 70.0 Å². The maximum Gasteiger partial charge on any atom is 0.214 e. The first-order chi connectivity index (χ1) is 11.2. The number of nitrogens with one attached hydrogen (secondary N) is 1. The molecule has 1 aromatic carbocycles. The number of morpholine rings is 1. The van der Waals surface area contributed by atoms with Crippen LogP contribution in [0.3, 0.4) is 0 Å². The lowest BCUT2D eigenvalue weighted by Crippen LogP contribution is -3.15. The molecule has 1 aromatic heterocycles. The molecule has 2 heterocycles. The minimum atomic E-state index is -0.400. The van der Waals surface area contributed by atoms with Gasteiger partial charge in [-0.1, -0.05) is 23.4 Å². The zero-order chi connectivity index (χ0) is 16.1. The van der Waals surface area contributed by atoms with E-state index in [1.807, 2.05) is 12.1 Å². The molecule has 7 nitrogen and oxygen atoms in total. The third-order valence-corrected chi connectivity index (χ3v) is 4.96. The highest BCUT2D eigenvalue weighted by molar-refractivity contribution is 7.99. The van der Waals surface area contributed by atoms with Crippen LogP contribution in [0.1, 0.15) is 0 Å². The molecule has 3 rings (SSSR count). The van der Waals surface area contributed by atoms with Crippen molar-refractivity contribution >= 4 is 23.4 Å². The number of benzene rings is 1. The summed E-state index contributed by atoms with van der Waals surface area (Å²) in [4.78, 5) is 1.38. The first-order valence-corrected chi connectivity index (χ1v) is 8.85. The van der Waals surface area contributed by atoms with Crippen molar-refractivity contribution in [1.82, 2.24) is 20.2 Å². The molecule has 9 heteroatoms. The van der Waals surface area contributed by atoms with Crippen molar-refractivity contribution < 1.29 is 14.7 Å². The van der Waals surface area contributed by atoms with Gasteiger partial charge in [0.25, 0.3) is 0 Å². The summed E-state index contributed by atoms with van der Waals surface area (Å²) in [6, 6.07) is 7.31. The van der Waals surface area contributed by atoms with E-state index in [2.05, 4.69) is 15.5 Å². The average Bonchev–Trinajstić information content (AvgIpc) is 3.03. The molecular formula is C14H19ClN5O2S+. The molecule has 1 fully saturated rings. The van der Waals surface area contributed by atoms with Crippen molar-refractivity contribution in [3.63, 3.8) is 0 Å². The van der Waals surface area contributed by atoms with Crippen LogP contribution in [0.2, 0.25) is 5.02 Å². The van der Waals surface area contributed by atoms with E-state index in [-0.39, 0.29) is 0 Å². The summed E-state index contributed by atoms with van der Waals surface area (Å²) in [5, 5.41) is 23.3. The van der Waals surface area contributed by atoms with Crippen molar-refractivity contribution in [2.45, 2.75) is 11.3 Å². The minimum Gasteiger partial charge on any atom is -0.386 e. The van der Waals surface area contributed by atoms with E-state index < -0.39 is 6.10 Å². The van der Waals surface area contributed by atoms with E-state index in [1.165, 1.54) is 16.7 Å². The van der Waals surface area contributed by atoms with E-state index in [0.717, 1.165) is 38.5 Å². The molecule has 1 aliphatic heterocycles. The molecule has 1 saturated heterocycles. The van der Waals surface area contributed by atoms with Crippen LogP contribution >= 0.6 is 23.4 Å². The SMILES string of the molecule is O[C@H](CSc1nnnn1-c1ccc(Cl)cc1)C[NH+]1CCOCC1. The molecule has 0 bridgehead atoms. The molecule has 0 saturated carbocycles. The number of hydrogen-bond acceptors (Lipinski definition) is 6. The number of nitrogens with zero attached hydrogens (tertiary/aromatic N) is 4. The van der Waals surface area contributed by atoms with Gasteiger partial charge in [0.15, 0.2) is 0 Å². The highest BCUT2D eigenvalue weighted by Crippen LogP contribution is 2.20. The topological polar surface area (TPSA) is 77.5 Å². The number of tetrazole rings is 1. The Balaban J connectivity index is 1.56. The first-order valence-electron chi connectivity index (χ1n) is 7.49. The molecule has 23 heavy (non-hydrogen) atoms. The van der Waals surface area contributed by atoms with Crippen molar-refractivity contribution in [3.8, 4) is 5.69 Å². The molecule has 1 atom stereocenters. The van der Waals surface area contributed by atoms with Crippen LogP contribution in [0.25, 0.3) is 5.69 Å². The summed E-state index contributed by atoms with van der Waals surface area (Å²) < 4.78 is 6.97. The monoisotopic (exact) mass is 356 g/mol. The number of quaternary nitrogens is 1. The van der Waals surface area contributed by atoms with Gasteiger partial charge in [-0.3, -0.25) is 0 Å². The van der Waals surface area contributed by atoms with Crippen molar-refractivity contribution in [2.24, 2.45) is 0 Å². The van der Waals surface area contributed by atoms with Gasteiger partial charge in [-0.05, 0) is 34.7 Å². The van der Waals surface area contributed by atoms with Gasteiger partial charge in [0.05, 0.1) is 18.9 Å². The molecule has 0 spiro atoms. The third-order valence-electron chi connectivity index (χ3n) is 3.64. The lowest BCUT2D eigenvalue weighted by Gasteiger charge is -2.25. The quantitative estimate of drug-likeness (QED) is 0.691. The van der Waals surface area contributed by atoms with Crippen LogP contribution in [0.4, 0.5) is 0 Å². The van der Waals surface area contributed by atoms with Crippen molar-refractivity contribution in [2.75, 3.05) is 38.6 Å².